The summed E-state index contributed by atoms with van der Waals surface area (Å²) in [4.78, 5) is 28.1. The van der Waals surface area contributed by atoms with E-state index < -0.39 is 16.1 Å². The highest BCUT2D eigenvalue weighted by molar-refractivity contribution is 7.88. The van der Waals surface area contributed by atoms with Crippen LogP contribution < -0.4 is 0 Å². The summed E-state index contributed by atoms with van der Waals surface area (Å²) in [5, 5.41) is 0. The van der Waals surface area contributed by atoms with Gasteiger partial charge in [0.15, 0.2) is 0 Å². The molecule has 4 rings (SSSR count). The summed E-state index contributed by atoms with van der Waals surface area (Å²) in [6, 6.07) is 8.83. The Balaban J connectivity index is 1.37. The van der Waals surface area contributed by atoms with Gasteiger partial charge in [0, 0.05) is 32.2 Å². The Bertz CT molecular complexity index is 799. The number of imide groups is 1. The van der Waals surface area contributed by atoms with Gasteiger partial charge >= 0.3 is 0 Å². The molecule has 0 N–H and O–H groups in total. The van der Waals surface area contributed by atoms with Crippen molar-refractivity contribution in [3.63, 3.8) is 0 Å². The number of nitrogens with zero attached hydrogens (tertiary/aromatic N) is 3. The van der Waals surface area contributed by atoms with Crippen LogP contribution in [-0.2, 0) is 25.4 Å². The summed E-state index contributed by atoms with van der Waals surface area (Å²) < 4.78 is 26.8. The Morgan fingerprint density at radius 1 is 0.962 bits per heavy atom. The zero-order valence-electron chi connectivity index (χ0n) is 14.6. The molecule has 1 aliphatic carbocycles. The predicted octanol–water partition coefficient (Wildman–Crippen LogP) is 0.424. The molecule has 2 saturated heterocycles. The van der Waals surface area contributed by atoms with Gasteiger partial charge in [-0.25, -0.2) is 8.42 Å². The molecule has 2 amide bonds. The van der Waals surface area contributed by atoms with E-state index in [4.69, 9.17) is 0 Å². The van der Waals surface area contributed by atoms with Crippen LogP contribution in [0.3, 0.4) is 0 Å². The van der Waals surface area contributed by atoms with Crippen LogP contribution in [0, 0.1) is 0 Å². The number of rotatable bonds is 5. The summed E-state index contributed by atoms with van der Waals surface area (Å²) in [6.07, 6.45) is 2.05. The van der Waals surface area contributed by atoms with Gasteiger partial charge in [-0.3, -0.25) is 19.4 Å². The van der Waals surface area contributed by atoms with Gasteiger partial charge in [-0.2, -0.15) is 4.31 Å². The van der Waals surface area contributed by atoms with Gasteiger partial charge in [0.05, 0.1) is 18.2 Å². The van der Waals surface area contributed by atoms with Gasteiger partial charge in [-0.05, 0) is 18.4 Å². The van der Waals surface area contributed by atoms with Crippen molar-refractivity contribution in [3.8, 4) is 0 Å². The lowest BCUT2D eigenvalue weighted by molar-refractivity contribution is -0.140. The third kappa shape index (κ3) is 3.41. The Kier molecular flexibility index (Phi) is 4.58. The Morgan fingerprint density at radius 2 is 1.62 bits per heavy atom. The molecular formula is C18H23N3O4S. The first kappa shape index (κ1) is 17.6. The second-order valence-corrected chi connectivity index (χ2v) is 9.20. The van der Waals surface area contributed by atoms with Crippen LogP contribution in [0.5, 0.6) is 0 Å². The number of amides is 2. The Morgan fingerprint density at radius 3 is 2.23 bits per heavy atom. The molecule has 7 nitrogen and oxygen atoms in total. The maximum absolute atomic E-state index is 12.6. The van der Waals surface area contributed by atoms with Gasteiger partial charge in [0.2, 0.25) is 21.8 Å². The molecule has 1 atom stereocenters. The minimum Gasteiger partial charge on any atom is -0.289 e. The van der Waals surface area contributed by atoms with E-state index in [1.165, 1.54) is 9.21 Å². The van der Waals surface area contributed by atoms with E-state index >= 15 is 0 Å². The molecule has 140 valence electrons. The highest BCUT2D eigenvalue weighted by Gasteiger charge is 2.48. The van der Waals surface area contributed by atoms with Crippen molar-refractivity contribution in [1.82, 2.24) is 14.1 Å². The van der Waals surface area contributed by atoms with E-state index in [0.717, 1.165) is 18.4 Å². The lowest BCUT2D eigenvalue weighted by atomic mass is 10.2. The topological polar surface area (TPSA) is 78.0 Å². The molecule has 3 aliphatic rings. The molecule has 0 spiro atoms. The maximum atomic E-state index is 12.6. The lowest BCUT2D eigenvalue weighted by Gasteiger charge is -2.36. The summed E-state index contributed by atoms with van der Waals surface area (Å²) >= 11 is 0. The average molecular weight is 377 g/mol. The fourth-order valence-electron chi connectivity index (χ4n) is 3.81. The quantitative estimate of drug-likeness (QED) is 0.695. The number of hydrogen-bond acceptors (Lipinski definition) is 5. The molecule has 0 unspecified atom stereocenters. The average Bonchev–Trinajstić information content (AvgIpc) is 3.41. The number of carbonyl (C=O) groups excluding carboxylic acids is 2. The summed E-state index contributed by atoms with van der Waals surface area (Å²) in [6.45, 7) is 1.68. The van der Waals surface area contributed by atoms with Crippen LogP contribution >= 0.6 is 0 Å². The van der Waals surface area contributed by atoms with E-state index in [0.29, 0.717) is 26.2 Å². The molecule has 1 aromatic carbocycles. The number of likely N-dealkylation sites (tertiary alicyclic amines) is 1. The molecule has 0 bridgehead atoms. The van der Waals surface area contributed by atoms with Crippen molar-refractivity contribution in [2.45, 2.75) is 37.1 Å². The largest absolute Gasteiger partial charge is 0.289 e. The third-order valence-corrected chi connectivity index (χ3v) is 7.22. The first-order chi connectivity index (χ1) is 12.5. The van der Waals surface area contributed by atoms with E-state index in [9.17, 15) is 18.0 Å². The number of hydrogen-bond donors (Lipinski definition) is 0. The van der Waals surface area contributed by atoms with Crippen molar-refractivity contribution in [1.29, 1.82) is 0 Å². The second-order valence-electron chi connectivity index (χ2n) is 7.23. The zero-order valence-corrected chi connectivity index (χ0v) is 15.4. The Hall–Kier alpha value is -1.77. The number of carbonyl (C=O) groups is 2. The third-order valence-electron chi connectivity index (χ3n) is 5.37. The number of sulfonamides is 1. The van der Waals surface area contributed by atoms with E-state index in [-0.39, 0.29) is 30.0 Å². The fourth-order valence-corrected chi connectivity index (χ4v) is 5.32. The molecular weight excluding hydrogens is 354 g/mol. The molecule has 3 fully saturated rings. The number of piperazine rings is 1. The van der Waals surface area contributed by atoms with E-state index in [2.05, 4.69) is 0 Å². The molecule has 1 saturated carbocycles. The molecule has 0 radical (unpaired) electrons. The molecule has 26 heavy (non-hydrogen) atoms. The first-order valence-electron chi connectivity index (χ1n) is 9.07. The van der Waals surface area contributed by atoms with Gasteiger partial charge in [-0.1, -0.05) is 30.3 Å². The zero-order chi connectivity index (χ0) is 18.3. The SMILES string of the molecule is O=C1C[C@H](N2CCN(S(=O)(=O)Cc3ccccc3)CC2)C(=O)N1C1CC1. The van der Waals surface area contributed by atoms with Crippen molar-refractivity contribution in [3.05, 3.63) is 35.9 Å². The molecule has 0 aromatic heterocycles. The lowest BCUT2D eigenvalue weighted by Crippen LogP contribution is -2.54. The van der Waals surface area contributed by atoms with Crippen LogP contribution in [0.4, 0.5) is 0 Å². The molecule has 2 heterocycles. The summed E-state index contributed by atoms with van der Waals surface area (Å²) in [5.74, 6) is -0.191. The maximum Gasteiger partial charge on any atom is 0.247 e. The van der Waals surface area contributed by atoms with Gasteiger partial charge in [0.25, 0.3) is 0 Å². The summed E-state index contributed by atoms with van der Waals surface area (Å²) in [5.41, 5.74) is 0.770. The highest BCUT2D eigenvalue weighted by atomic mass is 32.2. The van der Waals surface area contributed by atoms with Crippen molar-refractivity contribution >= 4 is 21.8 Å². The standard InChI is InChI=1S/C18H23N3O4S/c22-17-12-16(18(23)21(17)15-6-7-15)19-8-10-20(11-9-19)26(24,25)13-14-4-2-1-3-5-14/h1-5,15-16H,6-13H2/t16-/m0/s1. The smallest absolute Gasteiger partial charge is 0.247 e. The van der Waals surface area contributed by atoms with Crippen LogP contribution in [-0.4, -0.2) is 72.6 Å². The first-order valence-corrected chi connectivity index (χ1v) is 10.7. The molecule has 8 heteroatoms. The van der Waals surface area contributed by atoms with E-state index in [1.54, 1.807) is 0 Å². The van der Waals surface area contributed by atoms with E-state index in [1.807, 2.05) is 35.2 Å². The van der Waals surface area contributed by atoms with Gasteiger partial charge < -0.3 is 0 Å². The van der Waals surface area contributed by atoms with Crippen molar-refractivity contribution in [2.24, 2.45) is 0 Å². The minimum absolute atomic E-state index is 0.00978. The van der Waals surface area contributed by atoms with Crippen molar-refractivity contribution in [2.75, 3.05) is 26.2 Å². The number of benzene rings is 1. The fraction of sp³-hybridized carbons (Fsp3) is 0.556. The second kappa shape index (κ2) is 6.75. The van der Waals surface area contributed by atoms with Crippen LogP contribution in [0.1, 0.15) is 24.8 Å². The highest BCUT2D eigenvalue weighted by Crippen LogP contribution is 2.33. The summed E-state index contributed by atoms with van der Waals surface area (Å²) in [7, 11) is -3.38. The van der Waals surface area contributed by atoms with Gasteiger partial charge in [0.1, 0.15) is 0 Å². The normalized spacial score (nSPS) is 25.8. The van der Waals surface area contributed by atoms with Crippen molar-refractivity contribution < 1.29 is 18.0 Å². The Labute approximate surface area is 153 Å². The van der Waals surface area contributed by atoms with Crippen LogP contribution in [0.25, 0.3) is 0 Å². The predicted molar refractivity (Wildman–Crippen MR) is 95.5 cm³/mol. The van der Waals surface area contributed by atoms with Crippen LogP contribution in [0.2, 0.25) is 0 Å². The van der Waals surface area contributed by atoms with Crippen LogP contribution in [0.15, 0.2) is 30.3 Å². The monoisotopic (exact) mass is 377 g/mol. The molecule has 1 aromatic rings. The molecule has 2 aliphatic heterocycles. The van der Waals surface area contributed by atoms with Gasteiger partial charge in [-0.15, -0.1) is 0 Å². The minimum atomic E-state index is -3.38.